The van der Waals surface area contributed by atoms with Crippen molar-refractivity contribution >= 4 is 17.7 Å². The lowest BCUT2D eigenvalue weighted by molar-refractivity contribution is -0.115. The van der Waals surface area contributed by atoms with Crippen molar-refractivity contribution in [1.82, 2.24) is 0 Å². The number of rotatable bonds is 5. The van der Waals surface area contributed by atoms with E-state index in [0.29, 0.717) is 11.5 Å². The summed E-state index contributed by atoms with van der Waals surface area (Å²) in [6, 6.07) is 20.9. The third-order valence-electron chi connectivity index (χ3n) is 7.11. The molecule has 4 heteroatoms. The van der Waals surface area contributed by atoms with Crippen molar-refractivity contribution < 1.29 is 14.3 Å². The largest absolute Gasteiger partial charge is 0.493 e. The van der Waals surface area contributed by atoms with Crippen molar-refractivity contribution in [3.8, 4) is 11.5 Å². The van der Waals surface area contributed by atoms with Gasteiger partial charge in [-0.05, 0) is 75.1 Å². The highest BCUT2D eigenvalue weighted by molar-refractivity contribution is 6.06. The average Bonchev–Trinajstić information content (AvgIpc) is 2.82. The van der Waals surface area contributed by atoms with Gasteiger partial charge in [-0.3, -0.25) is 4.79 Å². The highest BCUT2D eigenvalue weighted by Crippen LogP contribution is 2.50. The molecule has 0 unspecified atom stereocenters. The zero-order valence-corrected chi connectivity index (χ0v) is 21.8. The van der Waals surface area contributed by atoms with E-state index in [0.717, 1.165) is 17.7 Å². The van der Waals surface area contributed by atoms with E-state index in [1.807, 2.05) is 29.2 Å². The van der Waals surface area contributed by atoms with Gasteiger partial charge < -0.3 is 14.4 Å². The minimum absolute atomic E-state index is 0.0409. The number of aryl methyl sites for hydroxylation is 2. The number of nitrogens with zero attached hydrogens (tertiary/aromatic N) is 1. The molecule has 1 aliphatic heterocycles. The van der Waals surface area contributed by atoms with Crippen LogP contribution in [0.1, 0.15) is 55.0 Å². The second kappa shape index (κ2) is 9.26. The zero-order chi connectivity index (χ0) is 25.4. The first-order valence-corrected chi connectivity index (χ1v) is 12.0. The number of fused-ring (bicyclic) bond motifs is 1. The van der Waals surface area contributed by atoms with E-state index in [4.69, 9.17) is 9.47 Å². The first-order chi connectivity index (χ1) is 16.6. The Morgan fingerprint density at radius 3 is 2.17 bits per heavy atom. The van der Waals surface area contributed by atoms with Gasteiger partial charge in [-0.2, -0.15) is 0 Å². The molecule has 4 rings (SSSR count). The number of carbonyl (C=O) groups is 1. The minimum Gasteiger partial charge on any atom is -0.493 e. The predicted octanol–water partition coefficient (Wildman–Crippen LogP) is 6.86. The highest BCUT2D eigenvalue weighted by atomic mass is 16.5. The van der Waals surface area contributed by atoms with E-state index in [-0.39, 0.29) is 16.9 Å². The Bertz CT molecular complexity index is 1270. The van der Waals surface area contributed by atoms with Crippen LogP contribution < -0.4 is 14.4 Å². The first kappa shape index (κ1) is 24.6. The molecule has 0 bridgehead atoms. The first-order valence-electron chi connectivity index (χ1n) is 12.0. The van der Waals surface area contributed by atoms with Crippen LogP contribution in [0.4, 0.5) is 5.69 Å². The maximum absolute atomic E-state index is 13.7. The van der Waals surface area contributed by atoms with Gasteiger partial charge in [0.25, 0.3) is 5.91 Å². The summed E-state index contributed by atoms with van der Waals surface area (Å²) in [5, 5.41) is 0. The SMILES string of the molecule is COc1ccc(/C=C/C(=O)N2c3ccc(C)cc3[C@@](C)(c3ccc(C)cc3)CC2(C)C)cc1OC. The highest BCUT2D eigenvalue weighted by Gasteiger charge is 2.47. The molecule has 1 aliphatic rings. The molecule has 0 fully saturated rings. The number of benzene rings is 3. The third-order valence-corrected chi connectivity index (χ3v) is 7.11. The summed E-state index contributed by atoms with van der Waals surface area (Å²) in [6.45, 7) is 10.8. The number of amides is 1. The van der Waals surface area contributed by atoms with Gasteiger partial charge in [0.15, 0.2) is 11.5 Å². The molecular formula is C31H35NO3. The van der Waals surface area contributed by atoms with E-state index in [9.17, 15) is 4.79 Å². The van der Waals surface area contributed by atoms with Gasteiger partial charge in [-0.25, -0.2) is 0 Å². The molecule has 182 valence electrons. The van der Waals surface area contributed by atoms with E-state index in [1.165, 1.54) is 22.3 Å². The molecule has 0 aliphatic carbocycles. The summed E-state index contributed by atoms with van der Waals surface area (Å²) < 4.78 is 10.7. The fourth-order valence-electron chi connectivity index (χ4n) is 5.45. The number of hydrogen-bond donors (Lipinski definition) is 0. The summed E-state index contributed by atoms with van der Waals surface area (Å²) >= 11 is 0. The van der Waals surface area contributed by atoms with Gasteiger partial charge in [0.1, 0.15) is 0 Å². The quantitative estimate of drug-likeness (QED) is 0.383. The van der Waals surface area contributed by atoms with Crippen molar-refractivity contribution in [1.29, 1.82) is 0 Å². The minimum atomic E-state index is -0.388. The topological polar surface area (TPSA) is 38.8 Å². The molecule has 0 spiro atoms. The maximum Gasteiger partial charge on any atom is 0.251 e. The van der Waals surface area contributed by atoms with Crippen LogP contribution in [0, 0.1) is 13.8 Å². The Balaban J connectivity index is 1.75. The lowest BCUT2D eigenvalue weighted by Gasteiger charge is -2.51. The summed E-state index contributed by atoms with van der Waals surface area (Å²) in [4.78, 5) is 15.6. The number of carbonyl (C=O) groups excluding carboxylic acids is 1. The Labute approximate surface area is 209 Å². The Kier molecular flexibility index (Phi) is 6.50. The third kappa shape index (κ3) is 4.58. The smallest absolute Gasteiger partial charge is 0.251 e. The molecule has 1 amide bonds. The molecule has 0 saturated carbocycles. The average molecular weight is 470 g/mol. The molecule has 0 saturated heterocycles. The van der Waals surface area contributed by atoms with Crippen molar-refractivity contribution in [2.24, 2.45) is 0 Å². The molecule has 4 nitrogen and oxygen atoms in total. The van der Waals surface area contributed by atoms with Gasteiger partial charge >= 0.3 is 0 Å². The second-order valence-corrected chi connectivity index (χ2v) is 10.3. The van der Waals surface area contributed by atoms with Crippen molar-refractivity contribution in [2.45, 2.75) is 52.0 Å². The predicted molar refractivity (Wildman–Crippen MR) is 144 cm³/mol. The van der Waals surface area contributed by atoms with Crippen LogP contribution in [0.3, 0.4) is 0 Å². The normalized spacial score (nSPS) is 18.9. The summed E-state index contributed by atoms with van der Waals surface area (Å²) in [5.41, 5.74) is 6.15. The van der Waals surface area contributed by atoms with Crippen LogP contribution in [-0.4, -0.2) is 25.7 Å². The van der Waals surface area contributed by atoms with Crippen LogP contribution in [0.15, 0.2) is 66.7 Å². The number of anilines is 1. The van der Waals surface area contributed by atoms with Gasteiger partial charge in [-0.1, -0.05) is 60.5 Å². The lowest BCUT2D eigenvalue weighted by Crippen LogP contribution is -2.55. The van der Waals surface area contributed by atoms with E-state index in [1.54, 1.807) is 20.3 Å². The van der Waals surface area contributed by atoms with Gasteiger partial charge in [-0.15, -0.1) is 0 Å². The molecule has 0 aromatic heterocycles. The number of ether oxygens (including phenoxy) is 2. The lowest BCUT2D eigenvalue weighted by atomic mass is 9.65. The van der Waals surface area contributed by atoms with Crippen LogP contribution in [0.2, 0.25) is 0 Å². The van der Waals surface area contributed by atoms with Gasteiger partial charge in [0.2, 0.25) is 0 Å². The molecule has 1 atom stereocenters. The summed E-state index contributed by atoms with van der Waals surface area (Å²) in [5.74, 6) is 1.25. The fraction of sp³-hybridized carbons (Fsp3) is 0.323. The van der Waals surface area contributed by atoms with Crippen molar-refractivity contribution in [3.05, 3.63) is 94.6 Å². The van der Waals surface area contributed by atoms with Crippen molar-refractivity contribution in [3.63, 3.8) is 0 Å². The second-order valence-electron chi connectivity index (χ2n) is 10.3. The van der Waals surface area contributed by atoms with Gasteiger partial charge in [0, 0.05) is 22.7 Å². The van der Waals surface area contributed by atoms with Crippen LogP contribution in [0.25, 0.3) is 6.08 Å². The van der Waals surface area contributed by atoms with Crippen molar-refractivity contribution in [2.75, 3.05) is 19.1 Å². The molecule has 3 aromatic carbocycles. The van der Waals surface area contributed by atoms with Gasteiger partial charge in [0.05, 0.1) is 14.2 Å². The fourth-order valence-corrected chi connectivity index (χ4v) is 5.45. The zero-order valence-electron chi connectivity index (χ0n) is 21.8. The van der Waals surface area contributed by atoms with E-state index >= 15 is 0 Å². The molecule has 0 radical (unpaired) electrons. The Morgan fingerprint density at radius 2 is 1.51 bits per heavy atom. The standard InChI is InChI=1S/C31H35NO3/c1-21-8-13-24(14-9-21)31(5)20-30(3,4)32(26-15-10-22(2)18-25(26)31)29(33)17-12-23-11-16-27(34-6)28(19-23)35-7/h8-19H,20H2,1-7H3/b17-12+/t31-/m1/s1. The Morgan fingerprint density at radius 1 is 0.857 bits per heavy atom. The molecule has 35 heavy (non-hydrogen) atoms. The summed E-state index contributed by atoms with van der Waals surface area (Å²) in [6.07, 6.45) is 4.30. The number of hydrogen-bond acceptors (Lipinski definition) is 3. The monoisotopic (exact) mass is 469 g/mol. The Hall–Kier alpha value is -3.53. The molecular weight excluding hydrogens is 434 g/mol. The number of methoxy groups -OCH3 is 2. The molecule has 0 N–H and O–H groups in total. The van der Waals surface area contributed by atoms with Crippen LogP contribution in [-0.2, 0) is 10.2 Å². The van der Waals surface area contributed by atoms with E-state index in [2.05, 4.69) is 77.1 Å². The summed E-state index contributed by atoms with van der Waals surface area (Å²) in [7, 11) is 3.22. The maximum atomic E-state index is 13.7. The van der Waals surface area contributed by atoms with Crippen LogP contribution >= 0.6 is 0 Å². The molecule has 3 aromatic rings. The molecule has 1 heterocycles. The van der Waals surface area contributed by atoms with E-state index < -0.39 is 0 Å². The van der Waals surface area contributed by atoms with Crippen LogP contribution in [0.5, 0.6) is 11.5 Å².